The fourth-order valence-corrected chi connectivity index (χ4v) is 21.9. The Hall–Kier alpha value is 0.0195. The molecule has 0 spiro atoms. The smallest absolute Gasteiger partial charge is 0.661 e. The molecule has 8 saturated carbocycles. The first kappa shape index (κ1) is 49.9. The zero-order valence-corrected chi connectivity index (χ0v) is 44.6. The molecule has 14 aliphatic rings. The van der Waals surface area contributed by atoms with Gasteiger partial charge < -0.3 is 31.9 Å². The van der Waals surface area contributed by atoms with Crippen LogP contribution in [-0.4, -0.2) is 74.5 Å². The van der Waals surface area contributed by atoms with Crippen LogP contribution in [-0.2, 0) is 17.1 Å². The van der Waals surface area contributed by atoms with Crippen molar-refractivity contribution < 1.29 is 17.1 Å². The molecular formula is C62H98FeN6-4. The summed E-state index contributed by atoms with van der Waals surface area (Å²) >= 11 is 0. The summed E-state index contributed by atoms with van der Waals surface area (Å²) < 4.78 is 0. The molecule has 14 rings (SSSR count). The Morgan fingerprint density at radius 1 is 0.275 bits per heavy atom. The van der Waals surface area contributed by atoms with Crippen molar-refractivity contribution in [2.24, 2.45) is 94.7 Å². The zero-order valence-electron chi connectivity index (χ0n) is 43.5. The van der Waals surface area contributed by atoms with Crippen LogP contribution in [0.3, 0.4) is 0 Å². The molecule has 8 aliphatic carbocycles. The molecule has 0 bridgehead atoms. The van der Waals surface area contributed by atoms with E-state index in [1.165, 1.54) is 96.3 Å². The summed E-state index contributed by atoms with van der Waals surface area (Å²) in [5.41, 5.74) is 0. The van der Waals surface area contributed by atoms with Crippen LogP contribution < -0.4 is 0 Å². The van der Waals surface area contributed by atoms with Gasteiger partial charge in [0.1, 0.15) is 0 Å². The van der Waals surface area contributed by atoms with Crippen LogP contribution in [0.25, 0.3) is 31.9 Å². The summed E-state index contributed by atoms with van der Waals surface area (Å²) in [6.45, 7) is 4.29. The predicted octanol–water partition coefficient (Wildman–Crippen LogP) is 16.3. The van der Waals surface area contributed by atoms with Gasteiger partial charge in [0.25, 0.3) is 0 Å². The number of hydrogen-bond acceptors (Lipinski definition) is 0. The summed E-state index contributed by atoms with van der Waals surface area (Å²) in [5, 5.41) is 31.7. The van der Waals surface area contributed by atoms with Crippen LogP contribution in [0.2, 0.25) is 0 Å². The minimum absolute atomic E-state index is 0. The van der Waals surface area contributed by atoms with E-state index in [1.54, 1.807) is 103 Å². The average molecular weight is 983 g/mol. The molecule has 6 nitrogen and oxygen atoms in total. The molecule has 0 aromatic carbocycles. The summed E-state index contributed by atoms with van der Waals surface area (Å²) in [6.07, 6.45) is 51.4. The van der Waals surface area contributed by atoms with E-state index in [2.05, 4.69) is 12.2 Å². The molecule has 388 valence electrons. The number of hydrogen-bond donors (Lipinski definition) is 0. The van der Waals surface area contributed by atoms with Crippen molar-refractivity contribution in [2.45, 2.75) is 254 Å². The van der Waals surface area contributed by atoms with Gasteiger partial charge in [-0.2, -0.15) is 36.3 Å². The first-order valence-electron chi connectivity index (χ1n) is 31.4. The van der Waals surface area contributed by atoms with Gasteiger partial charge in [0, 0.05) is 0 Å². The van der Waals surface area contributed by atoms with Gasteiger partial charge in [0.15, 0.2) is 0 Å². The van der Waals surface area contributed by atoms with E-state index < -0.39 is 0 Å². The van der Waals surface area contributed by atoms with Crippen molar-refractivity contribution in [1.29, 1.82) is 0 Å². The molecule has 69 heavy (non-hydrogen) atoms. The van der Waals surface area contributed by atoms with Gasteiger partial charge in [-0.05, 0) is 172 Å². The Balaban J connectivity index is 0.000000141. The molecule has 23 unspecified atom stereocenters. The maximum atomic E-state index is 5.59. The minimum atomic E-state index is 0. The van der Waals surface area contributed by atoms with Crippen molar-refractivity contribution in [3.63, 3.8) is 0 Å². The molecule has 5 saturated heterocycles. The Bertz CT molecular complexity index is 1620. The molecule has 0 amide bonds. The number of piperidine rings is 5. The predicted molar refractivity (Wildman–Crippen MR) is 283 cm³/mol. The van der Waals surface area contributed by atoms with Crippen molar-refractivity contribution in [3.8, 4) is 0 Å². The maximum Gasteiger partial charge on any atom is 2.00 e. The third kappa shape index (κ3) is 10.3. The van der Waals surface area contributed by atoms with Crippen LogP contribution in [0.1, 0.15) is 205 Å². The van der Waals surface area contributed by atoms with Crippen molar-refractivity contribution in [3.05, 3.63) is 44.1 Å². The summed E-state index contributed by atoms with van der Waals surface area (Å²) in [4.78, 5) is 0. The molecule has 0 aromatic heterocycles. The summed E-state index contributed by atoms with van der Waals surface area (Å²) in [7, 11) is 0. The van der Waals surface area contributed by atoms with E-state index in [4.69, 9.17) is 31.9 Å². The Morgan fingerprint density at radius 2 is 0.652 bits per heavy atom. The van der Waals surface area contributed by atoms with Crippen LogP contribution >= 0.6 is 0 Å². The van der Waals surface area contributed by atoms with Gasteiger partial charge >= 0.3 is 17.1 Å². The second-order valence-electron chi connectivity index (χ2n) is 27.4. The quantitative estimate of drug-likeness (QED) is 0.188. The molecular weight excluding hydrogens is 885 g/mol. The van der Waals surface area contributed by atoms with Gasteiger partial charge in [-0.3, -0.25) is 0 Å². The molecule has 0 radical (unpaired) electrons. The Morgan fingerprint density at radius 3 is 1.04 bits per heavy atom. The van der Waals surface area contributed by atoms with E-state index in [1.807, 2.05) is 0 Å². The third-order valence-electron chi connectivity index (χ3n) is 24.5. The number of nitrogens with zero attached hydrogens (tertiary/aromatic N) is 6. The fourth-order valence-electron chi connectivity index (χ4n) is 21.9. The van der Waals surface area contributed by atoms with Gasteiger partial charge in [0.05, 0.1) is 0 Å². The molecule has 0 N–H and O–H groups in total. The minimum Gasteiger partial charge on any atom is -0.661 e. The second-order valence-corrected chi connectivity index (χ2v) is 27.4. The molecule has 0 aromatic rings. The SMILES string of the molecule is C1=CC(C2CC(C3CCC4CCC5CCCC6CCC3C4C56)CC(C3CCCC[N-]3)[N-]2)[N-]CC1.C1CCC(C2CC(C3CCC4CCC5CCCC6CCC3C4C56)CC(C3CCCC[N-]3)[N-]2)[N-]C1.[Fe+2]. The van der Waals surface area contributed by atoms with Crippen LogP contribution in [0.5, 0.6) is 0 Å². The fraction of sp³-hybridized carbons (Fsp3) is 0.968. The normalized spacial score (nSPS) is 52.6. The van der Waals surface area contributed by atoms with E-state index in [0.29, 0.717) is 48.3 Å². The topological polar surface area (TPSA) is 84.6 Å². The molecule has 6 heterocycles. The molecule has 7 heteroatoms. The van der Waals surface area contributed by atoms with Crippen molar-refractivity contribution in [2.75, 3.05) is 26.2 Å². The average Bonchev–Trinajstić information content (AvgIpc) is 3.42. The first-order valence-corrected chi connectivity index (χ1v) is 31.4. The van der Waals surface area contributed by atoms with E-state index in [0.717, 1.165) is 127 Å². The first-order chi connectivity index (χ1) is 33.7. The van der Waals surface area contributed by atoms with E-state index in [9.17, 15) is 0 Å². The van der Waals surface area contributed by atoms with E-state index >= 15 is 0 Å². The maximum absolute atomic E-state index is 5.59. The van der Waals surface area contributed by atoms with Gasteiger partial charge in [0.2, 0.25) is 0 Å². The summed E-state index contributed by atoms with van der Waals surface area (Å²) in [6, 6.07) is 3.88. The van der Waals surface area contributed by atoms with Gasteiger partial charge in [-0.15, -0.1) is 44.3 Å². The second kappa shape index (κ2) is 22.7. The monoisotopic (exact) mass is 983 g/mol. The van der Waals surface area contributed by atoms with Gasteiger partial charge in [-0.25, -0.2) is 0 Å². The van der Waals surface area contributed by atoms with Crippen molar-refractivity contribution >= 4 is 0 Å². The van der Waals surface area contributed by atoms with Crippen LogP contribution in [0.4, 0.5) is 0 Å². The molecule has 6 aliphatic heterocycles. The largest absolute Gasteiger partial charge is 2.00 e. The molecule has 13 fully saturated rings. The zero-order chi connectivity index (χ0) is 45.0. The van der Waals surface area contributed by atoms with Gasteiger partial charge in [-0.1, -0.05) is 134 Å². The Kier molecular flexibility index (Phi) is 16.4. The number of rotatable bonds is 6. The third-order valence-corrected chi connectivity index (χ3v) is 24.5. The summed E-state index contributed by atoms with van der Waals surface area (Å²) in [5.74, 6) is 16.8. The van der Waals surface area contributed by atoms with Crippen LogP contribution in [0.15, 0.2) is 12.2 Å². The van der Waals surface area contributed by atoms with Crippen molar-refractivity contribution in [1.82, 2.24) is 0 Å². The van der Waals surface area contributed by atoms with E-state index in [-0.39, 0.29) is 17.1 Å². The standard InChI is InChI=1S/C31H50N3.C31H48N3.Fe/c2*1-3-16-32-26(8-1)28-18-23(19-29(34-28)27-9-2-4-17-33-27)24-14-12-22-11-10-20-6-5-7-21-13-15-25(24)31(22)30(20)21;/h20-31H,1-19H2;1,8,20-31H,2-7,9-19H2;/q2*-3;+2. The Labute approximate surface area is 433 Å². The molecule has 23 atom stereocenters. The van der Waals surface area contributed by atoms with Crippen LogP contribution in [0, 0.1) is 94.7 Å².